The second kappa shape index (κ2) is 18.2. The molecule has 258 valence electrons. The minimum absolute atomic E-state index is 0.00637. The number of benzene rings is 7. The van der Waals surface area contributed by atoms with Crippen LogP contribution in [-0.4, -0.2) is 204 Å². The maximum Gasteiger partial charge on any atom is 0.125 e. The van der Waals surface area contributed by atoms with Crippen LogP contribution < -0.4 is 115 Å². The number of hydrogen-bond donors (Lipinski definition) is 0. The second-order valence-electron chi connectivity index (χ2n) is 17.0. The maximum atomic E-state index is 7.62. The van der Waals surface area contributed by atoms with Gasteiger partial charge in [-0.1, -0.05) is 99.7 Å². The third kappa shape index (κ3) is 6.90. The minimum Gasteiger partial charge on any atom is -0.116 e. The zero-order valence-corrected chi connectivity index (χ0v) is 37.4. The molecule has 0 N–H and O–H groups in total. The van der Waals surface area contributed by atoms with Crippen LogP contribution in [-0.2, 0) is 6.32 Å². The first-order valence-corrected chi connectivity index (χ1v) is 20.6. The molecule has 1 aliphatic carbocycles. The van der Waals surface area contributed by atoms with Gasteiger partial charge >= 0.3 is 0 Å². The van der Waals surface area contributed by atoms with Gasteiger partial charge in [0.1, 0.15) is 196 Å². The van der Waals surface area contributed by atoms with Crippen LogP contribution in [0.2, 0.25) is 0 Å². The number of terminal acetylenes is 1. The molecule has 52 radical (unpaired) electrons. The first-order valence-electron chi connectivity index (χ1n) is 20.6. The van der Waals surface area contributed by atoms with Crippen molar-refractivity contribution in [3.8, 4) is 34.6 Å². The monoisotopic (exact) mass is 818 g/mol. The molecular weight excluding hydrogens is 810 g/mol. The molecule has 0 aromatic heterocycles. The van der Waals surface area contributed by atoms with E-state index < -0.39 is 5.92 Å². The Balaban J connectivity index is 1.83. The molecule has 1 atom stereocenters. The summed E-state index contributed by atoms with van der Waals surface area (Å²) in [5.74, 6) is 0.981. The zero-order valence-electron chi connectivity index (χ0n) is 37.4. The molecule has 0 fully saturated rings. The van der Waals surface area contributed by atoms with Gasteiger partial charge in [0.25, 0.3) is 0 Å². The van der Waals surface area contributed by atoms with Gasteiger partial charge in [0.2, 0.25) is 0 Å². The van der Waals surface area contributed by atoms with Crippen molar-refractivity contribution in [2.24, 2.45) is 0 Å². The van der Waals surface area contributed by atoms with Crippen LogP contribution in [0.15, 0.2) is 10.9 Å². The molecule has 26 heteroatoms. The molecule has 0 spiro atoms. The summed E-state index contributed by atoms with van der Waals surface area (Å²) in [6, 6.07) is 0. The van der Waals surface area contributed by atoms with E-state index in [4.69, 9.17) is 210 Å². The fourth-order valence-corrected chi connectivity index (χ4v) is 10.0. The van der Waals surface area contributed by atoms with Crippen LogP contribution in [0.5, 0.6) is 0 Å². The van der Waals surface area contributed by atoms with E-state index in [1.165, 1.54) is 0 Å². The quantitative estimate of drug-likeness (QED) is 0.0923. The van der Waals surface area contributed by atoms with Crippen molar-refractivity contribution in [1.82, 2.24) is 0 Å². The van der Waals surface area contributed by atoms with Crippen molar-refractivity contribution >= 4 is 362 Å². The summed E-state index contributed by atoms with van der Waals surface area (Å²) >= 11 is 0. The lowest BCUT2D eigenvalue weighted by atomic mass is 9.55. The van der Waals surface area contributed by atoms with Crippen LogP contribution >= 0.6 is 0 Å². The molecular formula is C44H4B26. The summed E-state index contributed by atoms with van der Waals surface area (Å²) in [6.07, 6.45) is 5.33. The zero-order chi connectivity index (χ0) is 52.1. The molecule has 0 saturated heterocycles. The Labute approximate surface area is 444 Å². The van der Waals surface area contributed by atoms with E-state index in [1.54, 1.807) is 0 Å². The number of hydrogen-bond acceptors (Lipinski definition) is 0. The Morgan fingerprint density at radius 1 is 0.343 bits per heavy atom. The van der Waals surface area contributed by atoms with Crippen molar-refractivity contribution in [3.05, 3.63) is 38.8 Å². The van der Waals surface area contributed by atoms with Gasteiger partial charge in [0.05, 0.1) is 7.85 Å². The molecule has 8 rings (SSSR count). The van der Waals surface area contributed by atoms with Crippen LogP contribution in [0.25, 0.3) is 65.5 Å². The third-order valence-electron chi connectivity index (χ3n) is 13.7. The topological polar surface area (TPSA) is 0 Å². The predicted molar refractivity (Wildman–Crippen MR) is 326 cm³/mol. The Bertz CT molecular complexity index is 3760. The standard InChI is InChI=1S/C44H4B26/c1-2-5(46)21(47)7-4(3-45)6(23(49)37(63)24(7)50)18-22(48)10-8(14-16-19(33(59)26(14)52)35(61)43(69)41(67)30(16)56)12-13(29(55)40(66)39(65)28(12)54)9(11(10)25(51)32(18)58)15-17-20(34(60)38(64)27(15)53)36(62)44(70)42(68)31(17)57/h1,14H,3H2/b21-5-. The van der Waals surface area contributed by atoms with Crippen molar-refractivity contribution in [2.45, 2.75) is 12.2 Å². The van der Waals surface area contributed by atoms with Gasteiger partial charge in [-0.15, -0.1) is 55.6 Å². The normalized spacial score (nSPS) is 13.8. The third-order valence-corrected chi connectivity index (χ3v) is 13.7. The SMILES string of the molecule is [B]Cc1c(/C([B])=C(/[B])C#C)c([B])c([B])c([B])c1-c1c([B])c([B])c2c(-c3c([B])c([B])c([B])c4c([B])c([B])c([B])c([B])c34)c3c([B])c([B])c([B])c([B])c3c(C3C([B])=C([B])c4c([B])c([B])c([B])c([B])c43)c2c1[B]. The summed E-state index contributed by atoms with van der Waals surface area (Å²) in [5, 5.41) is 0.0769. The lowest BCUT2D eigenvalue weighted by Crippen LogP contribution is -2.52. The molecule has 0 saturated carbocycles. The predicted octanol–water partition coefficient (Wildman–Crippen LogP) is -16.4. The summed E-state index contributed by atoms with van der Waals surface area (Å²) < 4.78 is 0. The average Bonchev–Trinajstić information content (AvgIpc) is 3.60. The minimum atomic E-state index is -1.31. The van der Waals surface area contributed by atoms with Crippen LogP contribution in [0.4, 0.5) is 0 Å². The van der Waals surface area contributed by atoms with E-state index in [9.17, 15) is 0 Å². The molecule has 1 aliphatic rings. The Kier molecular flexibility index (Phi) is 13.6. The first-order chi connectivity index (χ1) is 32.7. The molecule has 1 unspecified atom stereocenters. The summed E-state index contributed by atoms with van der Waals surface area (Å²) in [6.45, 7) is 0. The fourth-order valence-electron chi connectivity index (χ4n) is 10.0. The van der Waals surface area contributed by atoms with E-state index >= 15 is 0 Å². The molecule has 7 aromatic rings. The second-order valence-corrected chi connectivity index (χ2v) is 17.0. The average molecular weight is 814 g/mol. The molecule has 7 aromatic carbocycles. The van der Waals surface area contributed by atoms with Crippen molar-refractivity contribution in [3.63, 3.8) is 0 Å². The van der Waals surface area contributed by atoms with Crippen molar-refractivity contribution in [1.29, 1.82) is 0 Å². The van der Waals surface area contributed by atoms with Crippen molar-refractivity contribution in [2.75, 3.05) is 0 Å². The lowest BCUT2D eigenvalue weighted by Gasteiger charge is -2.35. The van der Waals surface area contributed by atoms with E-state index in [-0.39, 0.29) is 225 Å². The summed E-state index contributed by atoms with van der Waals surface area (Å²) in [7, 11) is 177. The highest BCUT2D eigenvalue weighted by atomic mass is 14.4. The lowest BCUT2D eigenvalue weighted by molar-refractivity contribution is 1.07. The first kappa shape index (κ1) is 52.4. The molecule has 0 amide bonds. The van der Waals surface area contributed by atoms with E-state index in [0.29, 0.717) is 0 Å². The number of fused-ring (bicyclic) bond motifs is 4. The van der Waals surface area contributed by atoms with Crippen LogP contribution in [0.1, 0.15) is 33.7 Å². The maximum absolute atomic E-state index is 7.62. The number of rotatable bonds is 5. The van der Waals surface area contributed by atoms with E-state index in [2.05, 4.69) is 5.92 Å². The van der Waals surface area contributed by atoms with Gasteiger partial charge in [-0.05, 0) is 82.4 Å². The highest BCUT2D eigenvalue weighted by Gasteiger charge is 2.37. The Morgan fingerprint density at radius 2 is 0.700 bits per heavy atom. The van der Waals surface area contributed by atoms with E-state index in [0.717, 1.165) is 0 Å². The molecule has 0 heterocycles. The highest BCUT2D eigenvalue weighted by Crippen LogP contribution is 2.48. The van der Waals surface area contributed by atoms with E-state index in [1.807, 2.05) is 0 Å². The summed E-state index contributed by atoms with van der Waals surface area (Å²) in [5.41, 5.74) is -3.22. The Morgan fingerprint density at radius 3 is 1.20 bits per heavy atom. The molecule has 0 nitrogen and oxygen atoms in total. The van der Waals surface area contributed by atoms with Gasteiger partial charge in [0, 0.05) is 5.92 Å². The highest BCUT2D eigenvalue weighted by molar-refractivity contribution is 6.75. The summed E-state index contributed by atoms with van der Waals surface area (Å²) in [4.78, 5) is 0. The van der Waals surface area contributed by atoms with Gasteiger partial charge in [-0.2, -0.15) is 0 Å². The smallest absolute Gasteiger partial charge is 0.116 e. The van der Waals surface area contributed by atoms with Gasteiger partial charge in [-0.25, -0.2) is 0 Å². The molecule has 0 bridgehead atoms. The number of allylic oxidation sites excluding steroid dienone is 2. The molecule has 70 heavy (non-hydrogen) atoms. The van der Waals surface area contributed by atoms with Gasteiger partial charge in [-0.3, -0.25) is 0 Å². The van der Waals surface area contributed by atoms with Crippen molar-refractivity contribution < 1.29 is 0 Å². The molecule has 0 aliphatic heterocycles. The largest absolute Gasteiger partial charge is 0.125 e. The van der Waals surface area contributed by atoms with Gasteiger partial charge < -0.3 is 0 Å². The fraction of sp³-hybridized carbons (Fsp3) is 0.0455. The van der Waals surface area contributed by atoms with Crippen LogP contribution in [0.3, 0.4) is 0 Å². The Hall–Kier alpha value is -3.95. The van der Waals surface area contributed by atoms with Crippen LogP contribution in [0, 0.1) is 12.3 Å². The van der Waals surface area contributed by atoms with Gasteiger partial charge in [0.15, 0.2) is 0 Å².